The fourth-order valence-corrected chi connectivity index (χ4v) is 4.17. The summed E-state index contributed by atoms with van der Waals surface area (Å²) in [6, 6.07) is 22.9. The second-order valence-electron chi connectivity index (χ2n) is 8.09. The minimum absolute atomic E-state index is 0.0240. The van der Waals surface area contributed by atoms with E-state index in [9.17, 15) is 13.2 Å². The van der Waals surface area contributed by atoms with Crippen LogP contribution < -0.4 is 19.1 Å². The van der Waals surface area contributed by atoms with Crippen LogP contribution in [0.15, 0.2) is 72.8 Å². The van der Waals surface area contributed by atoms with E-state index >= 15 is 0 Å². The van der Waals surface area contributed by atoms with Crippen molar-refractivity contribution in [3.63, 3.8) is 0 Å². The van der Waals surface area contributed by atoms with Gasteiger partial charge in [0.05, 0.1) is 12.9 Å². The van der Waals surface area contributed by atoms with Crippen molar-refractivity contribution >= 4 is 21.4 Å². The highest BCUT2D eigenvalue weighted by atomic mass is 32.2. The Bertz CT molecular complexity index is 1240. The SMILES string of the molecule is COc1cc(N2CCC(Oc3ccc(-c4ccccc4)cc3)C2=O)ccc1OCCS(C)(=O)=O. The van der Waals surface area contributed by atoms with Crippen LogP contribution >= 0.6 is 0 Å². The minimum Gasteiger partial charge on any atom is -0.493 e. The maximum absolute atomic E-state index is 13.0. The lowest BCUT2D eigenvalue weighted by Gasteiger charge is -2.19. The molecule has 3 aromatic rings. The van der Waals surface area contributed by atoms with Gasteiger partial charge in [-0.3, -0.25) is 4.79 Å². The molecule has 0 bridgehead atoms. The van der Waals surface area contributed by atoms with Gasteiger partial charge in [0, 0.05) is 31.0 Å². The van der Waals surface area contributed by atoms with Gasteiger partial charge in [-0.2, -0.15) is 0 Å². The van der Waals surface area contributed by atoms with Gasteiger partial charge in [-0.1, -0.05) is 42.5 Å². The maximum atomic E-state index is 13.0. The summed E-state index contributed by atoms with van der Waals surface area (Å²) >= 11 is 0. The zero-order valence-electron chi connectivity index (χ0n) is 19.1. The van der Waals surface area contributed by atoms with Crippen LogP contribution in [-0.2, 0) is 14.6 Å². The number of methoxy groups -OCH3 is 1. The van der Waals surface area contributed by atoms with Gasteiger partial charge in [-0.25, -0.2) is 8.42 Å². The molecule has 0 radical (unpaired) electrons. The summed E-state index contributed by atoms with van der Waals surface area (Å²) in [6.07, 6.45) is 1.15. The predicted octanol–water partition coefficient (Wildman–Crippen LogP) is 3.97. The standard InChI is InChI=1S/C26H27NO6S/c1-31-25-18-21(10-13-23(25)32-16-17-34(2,29)30)27-15-14-24(26(27)28)33-22-11-8-20(9-12-22)19-6-4-3-5-7-19/h3-13,18,24H,14-17H2,1-2H3. The molecule has 1 saturated heterocycles. The van der Waals surface area contributed by atoms with Crippen LogP contribution in [0, 0.1) is 0 Å². The zero-order valence-corrected chi connectivity index (χ0v) is 20.0. The number of rotatable bonds is 9. The van der Waals surface area contributed by atoms with E-state index in [0.29, 0.717) is 35.9 Å². The third kappa shape index (κ3) is 5.69. The van der Waals surface area contributed by atoms with Crippen molar-refractivity contribution in [2.45, 2.75) is 12.5 Å². The number of sulfone groups is 1. The van der Waals surface area contributed by atoms with Crippen LogP contribution in [-0.4, -0.2) is 52.7 Å². The summed E-state index contributed by atoms with van der Waals surface area (Å²) < 4.78 is 39.6. The summed E-state index contributed by atoms with van der Waals surface area (Å²) in [5.41, 5.74) is 2.87. The van der Waals surface area contributed by atoms with E-state index in [1.165, 1.54) is 7.11 Å². The molecule has 34 heavy (non-hydrogen) atoms. The lowest BCUT2D eigenvalue weighted by Crippen LogP contribution is -2.32. The summed E-state index contributed by atoms with van der Waals surface area (Å²) in [5, 5.41) is 0. The van der Waals surface area contributed by atoms with Crippen LogP contribution in [0.1, 0.15) is 6.42 Å². The van der Waals surface area contributed by atoms with Gasteiger partial charge in [0.15, 0.2) is 27.4 Å². The molecule has 1 fully saturated rings. The molecular formula is C26H27NO6S. The van der Waals surface area contributed by atoms with Crippen molar-refractivity contribution in [1.29, 1.82) is 0 Å². The monoisotopic (exact) mass is 481 g/mol. The van der Waals surface area contributed by atoms with E-state index in [1.54, 1.807) is 23.1 Å². The Labute approximate surface area is 199 Å². The van der Waals surface area contributed by atoms with E-state index in [-0.39, 0.29) is 18.3 Å². The van der Waals surface area contributed by atoms with Gasteiger partial charge >= 0.3 is 0 Å². The van der Waals surface area contributed by atoms with Crippen molar-refractivity contribution in [1.82, 2.24) is 0 Å². The Kier molecular flexibility index (Phi) is 7.07. The van der Waals surface area contributed by atoms with Crippen molar-refractivity contribution in [3.8, 4) is 28.4 Å². The first-order valence-electron chi connectivity index (χ1n) is 11.0. The summed E-state index contributed by atoms with van der Waals surface area (Å²) in [5.74, 6) is 1.29. The molecule has 7 nitrogen and oxygen atoms in total. The van der Waals surface area contributed by atoms with Crippen LogP contribution in [0.25, 0.3) is 11.1 Å². The van der Waals surface area contributed by atoms with Crippen LogP contribution in [0.5, 0.6) is 17.2 Å². The van der Waals surface area contributed by atoms with E-state index < -0.39 is 15.9 Å². The molecule has 1 amide bonds. The number of carbonyl (C=O) groups is 1. The number of benzene rings is 3. The Balaban J connectivity index is 1.40. The third-order valence-corrected chi connectivity index (χ3v) is 6.47. The second kappa shape index (κ2) is 10.2. The van der Waals surface area contributed by atoms with E-state index in [0.717, 1.165) is 17.4 Å². The minimum atomic E-state index is -3.12. The normalized spacial score (nSPS) is 15.9. The molecule has 0 aromatic heterocycles. The van der Waals surface area contributed by atoms with Gasteiger partial charge in [0.2, 0.25) is 0 Å². The predicted molar refractivity (Wildman–Crippen MR) is 131 cm³/mol. The van der Waals surface area contributed by atoms with E-state index in [1.807, 2.05) is 54.6 Å². The zero-order chi connectivity index (χ0) is 24.1. The number of ether oxygens (including phenoxy) is 3. The largest absolute Gasteiger partial charge is 0.493 e. The summed E-state index contributed by atoms with van der Waals surface area (Å²) in [4.78, 5) is 14.7. The van der Waals surface area contributed by atoms with Crippen molar-refractivity contribution in [2.75, 3.05) is 37.2 Å². The van der Waals surface area contributed by atoms with Gasteiger partial charge in [-0.15, -0.1) is 0 Å². The average molecular weight is 482 g/mol. The molecule has 3 aromatic carbocycles. The number of anilines is 1. The van der Waals surface area contributed by atoms with Crippen LogP contribution in [0.4, 0.5) is 5.69 Å². The molecule has 1 unspecified atom stereocenters. The molecule has 8 heteroatoms. The molecule has 1 atom stereocenters. The summed E-state index contributed by atoms with van der Waals surface area (Å²) in [7, 11) is -1.62. The Morgan fingerprint density at radius 2 is 1.65 bits per heavy atom. The smallest absolute Gasteiger partial charge is 0.268 e. The molecule has 0 N–H and O–H groups in total. The van der Waals surface area contributed by atoms with Crippen molar-refractivity contribution in [2.24, 2.45) is 0 Å². The van der Waals surface area contributed by atoms with E-state index in [2.05, 4.69) is 0 Å². The van der Waals surface area contributed by atoms with Crippen molar-refractivity contribution in [3.05, 3.63) is 72.8 Å². The first-order valence-corrected chi connectivity index (χ1v) is 13.0. The molecule has 0 spiro atoms. The fraction of sp³-hybridized carbons (Fsp3) is 0.269. The molecule has 178 valence electrons. The molecule has 1 heterocycles. The topological polar surface area (TPSA) is 82.1 Å². The molecule has 0 aliphatic carbocycles. The highest BCUT2D eigenvalue weighted by Crippen LogP contribution is 2.34. The Morgan fingerprint density at radius 1 is 0.941 bits per heavy atom. The second-order valence-corrected chi connectivity index (χ2v) is 10.3. The van der Waals surface area contributed by atoms with Crippen LogP contribution in [0.3, 0.4) is 0 Å². The van der Waals surface area contributed by atoms with Gasteiger partial charge in [0.1, 0.15) is 12.4 Å². The van der Waals surface area contributed by atoms with E-state index in [4.69, 9.17) is 14.2 Å². The molecule has 1 aliphatic rings. The lowest BCUT2D eigenvalue weighted by atomic mass is 10.1. The van der Waals surface area contributed by atoms with Crippen LogP contribution in [0.2, 0.25) is 0 Å². The Hall–Kier alpha value is -3.52. The highest BCUT2D eigenvalue weighted by molar-refractivity contribution is 7.90. The molecular weight excluding hydrogens is 454 g/mol. The van der Waals surface area contributed by atoms with Gasteiger partial charge < -0.3 is 19.1 Å². The average Bonchev–Trinajstić information content (AvgIpc) is 3.19. The van der Waals surface area contributed by atoms with Gasteiger partial charge in [-0.05, 0) is 35.4 Å². The Morgan fingerprint density at radius 3 is 2.32 bits per heavy atom. The first-order chi connectivity index (χ1) is 16.3. The fourth-order valence-electron chi connectivity index (χ4n) is 3.79. The quantitative estimate of drug-likeness (QED) is 0.460. The molecule has 4 rings (SSSR count). The molecule has 1 aliphatic heterocycles. The third-order valence-electron chi connectivity index (χ3n) is 5.57. The number of nitrogens with zero attached hydrogens (tertiary/aromatic N) is 1. The summed E-state index contributed by atoms with van der Waals surface area (Å²) in [6.45, 7) is 0.541. The first kappa shape index (κ1) is 23.6. The van der Waals surface area contributed by atoms with Gasteiger partial charge in [0.25, 0.3) is 5.91 Å². The number of carbonyl (C=O) groups excluding carboxylic acids is 1. The number of hydrogen-bond acceptors (Lipinski definition) is 6. The number of amides is 1. The van der Waals surface area contributed by atoms with Crippen molar-refractivity contribution < 1.29 is 27.4 Å². The number of hydrogen-bond donors (Lipinski definition) is 0. The lowest BCUT2D eigenvalue weighted by molar-refractivity contribution is -0.122. The maximum Gasteiger partial charge on any atom is 0.268 e. The molecule has 0 saturated carbocycles. The highest BCUT2D eigenvalue weighted by Gasteiger charge is 2.34.